The van der Waals surface area contributed by atoms with Crippen LogP contribution in [-0.2, 0) is 0 Å². The maximum absolute atomic E-state index is 4.21. The van der Waals surface area contributed by atoms with Gasteiger partial charge in [0.15, 0.2) is 0 Å². The molecule has 0 aliphatic rings. The molecule has 0 radical (unpaired) electrons. The Morgan fingerprint density at radius 2 is 1.95 bits per heavy atom. The average molecular weight is 283 g/mol. The van der Waals surface area contributed by atoms with E-state index in [0.717, 1.165) is 18.4 Å². The SMILES string of the molecule is C=CC\N=C/C=C(\C=C/C)/C=C/C(C=C)CCC=C(C)C. The summed E-state index contributed by atoms with van der Waals surface area (Å²) < 4.78 is 0. The van der Waals surface area contributed by atoms with Crippen molar-refractivity contribution in [3.8, 4) is 0 Å². The molecule has 0 bridgehead atoms. The van der Waals surface area contributed by atoms with E-state index in [1.807, 2.05) is 31.4 Å². The highest BCUT2D eigenvalue weighted by molar-refractivity contribution is 5.74. The summed E-state index contributed by atoms with van der Waals surface area (Å²) in [6.07, 6.45) is 20.5. The van der Waals surface area contributed by atoms with E-state index in [1.165, 1.54) is 5.57 Å². The summed E-state index contributed by atoms with van der Waals surface area (Å²) >= 11 is 0. The lowest BCUT2D eigenvalue weighted by atomic mass is 10.0. The van der Waals surface area contributed by atoms with Crippen LogP contribution in [0.4, 0.5) is 0 Å². The molecule has 0 rings (SSSR count). The molecule has 0 N–H and O–H groups in total. The van der Waals surface area contributed by atoms with Gasteiger partial charge in [-0.15, -0.1) is 13.2 Å². The topological polar surface area (TPSA) is 12.4 Å². The molecule has 114 valence electrons. The second kappa shape index (κ2) is 13.1. The first kappa shape index (κ1) is 19.1. The molecule has 21 heavy (non-hydrogen) atoms. The molecule has 0 aliphatic carbocycles. The summed E-state index contributed by atoms with van der Waals surface area (Å²) in [5.41, 5.74) is 2.51. The van der Waals surface area contributed by atoms with Crippen LogP contribution in [-0.4, -0.2) is 12.8 Å². The van der Waals surface area contributed by atoms with Crippen molar-refractivity contribution in [3.05, 3.63) is 72.9 Å². The number of hydrogen-bond acceptors (Lipinski definition) is 1. The maximum Gasteiger partial charge on any atom is 0.0567 e. The average Bonchev–Trinajstić information content (AvgIpc) is 2.46. The molecule has 1 heteroatoms. The summed E-state index contributed by atoms with van der Waals surface area (Å²) in [7, 11) is 0. The van der Waals surface area contributed by atoms with Gasteiger partial charge in [-0.2, -0.15) is 0 Å². The zero-order valence-electron chi connectivity index (χ0n) is 13.8. The number of hydrogen-bond donors (Lipinski definition) is 0. The Kier molecular flexibility index (Phi) is 11.9. The second-order valence-corrected chi connectivity index (χ2v) is 5.09. The zero-order valence-corrected chi connectivity index (χ0v) is 13.8. The zero-order chi connectivity index (χ0) is 15.9. The van der Waals surface area contributed by atoms with Gasteiger partial charge in [0.05, 0.1) is 6.54 Å². The smallest absolute Gasteiger partial charge is 0.0567 e. The monoisotopic (exact) mass is 283 g/mol. The Morgan fingerprint density at radius 1 is 1.19 bits per heavy atom. The molecular formula is C20H29N. The molecule has 0 spiro atoms. The fraction of sp³-hybridized carbons (Fsp3) is 0.350. The van der Waals surface area contributed by atoms with Crippen molar-refractivity contribution in [1.82, 2.24) is 0 Å². The Labute approximate surface area is 130 Å². The molecule has 0 fully saturated rings. The predicted molar refractivity (Wildman–Crippen MR) is 97.9 cm³/mol. The molecule has 1 atom stereocenters. The van der Waals surface area contributed by atoms with Crippen LogP contribution in [0.1, 0.15) is 33.6 Å². The van der Waals surface area contributed by atoms with Crippen molar-refractivity contribution >= 4 is 6.21 Å². The van der Waals surface area contributed by atoms with Gasteiger partial charge in [-0.1, -0.05) is 48.1 Å². The van der Waals surface area contributed by atoms with Gasteiger partial charge in [-0.3, -0.25) is 4.99 Å². The fourth-order valence-electron chi connectivity index (χ4n) is 1.73. The van der Waals surface area contributed by atoms with Crippen LogP contribution >= 0.6 is 0 Å². The molecule has 1 nitrogen and oxygen atoms in total. The number of aliphatic imine (C=N–C) groups is 1. The molecule has 0 aliphatic heterocycles. The first-order chi connectivity index (χ1) is 10.1. The van der Waals surface area contributed by atoms with Gasteiger partial charge in [-0.25, -0.2) is 0 Å². The van der Waals surface area contributed by atoms with Crippen molar-refractivity contribution < 1.29 is 0 Å². The number of allylic oxidation sites excluding steroid dienone is 9. The predicted octanol–water partition coefficient (Wildman–Crippen LogP) is 5.85. The highest BCUT2D eigenvalue weighted by Gasteiger charge is 1.98. The number of rotatable bonds is 10. The van der Waals surface area contributed by atoms with Crippen LogP contribution in [0.2, 0.25) is 0 Å². The molecule has 0 heterocycles. The Hall–Kier alpha value is -1.89. The highest BCUT2D eigenvalue weighted by atomic mass is 14.7. The van der Waals surface area contributed by atoms with Crippen LogP contribution < -0.4 is 0 Å². The van der Waals surface area contributed by atoms with E-state index < -0.39 is 0 Å². The van der Waals surface area contributed by atoms with Crippen molar-refractivity contribution in [2.75, 3.05) is 6.54 Å². The van der Waals surface area contributed by atoms with E-state index >= 15 is 0 Å². The molecule has 1 unspecified atom stereocenters. The standard InChI is InChI=1S/C20H29N/c1-6-10-20(15-17-21-16-7-2)14-13-19(8-3)12-9-11-18(4)5/h6-8,10-11,13-15,17,19H,2-3,9,12,16H2,1,4-5H3/b10-6-,14-13+,20-15+,21-17-. The normalized spacial score (nSPS) is 14.0. The number of nitrogens with zero attached hydrogens (tertiary/aromatic N) is 1. The van der Waals surface area contributed by atoms with Crippen LogP contribution in [0, 0.1) is 5.92 Å². The molecule has 0 saturated carbocycles. The Balaban J connectivity index is 4.68. The molecule has 0 amide bonds. The molecule has 0 saturated heterocycles. The van der Waals surface area contributed by atoms with Gasteiger partial charge in [0.2, 0.25) is 0 Å². The third-order valence-corrected chi connectivity index (χ3v) is 2.86. The van der Waals surface area contributed by atoms with E-state index in [4.69, 9.17) is 0 Å². The lowest BCUT2D eigenvalue weighted by Crippen LogP contribution is -1.91. The van der Waals surface area contributed by atoms with Gasteiger partial charge in [-0.05, 0) is 51.2 Å². The van der Waals surface area contributed by atoms with Crippen LogP contribution in [0.15, 0.2) is 77.9 Å². The molecule has 0 aromatic heterocycles. The van der Waals surface area contributed by atoms with Gasteiger partial charge in [0.1, 0.15) is 0 Å². The minimum atomic E-state index is 0.402. The fourth-order valence-corrected chi connectivity index (χ4v) is 1.73. The summed E-state index contributed by atoms with van der Waals surface area (Å²) in [4.78, 5) is 4.21. The minimum Gasteiger partial charge on any atom is -0.289 e. The van der Waals surface area contributed by atoms with Gasteiger partial charge >= 0.3 is 0 Å². The lowest BCUT2D eigenvalue weighted by molar-refractivity contribution is 0.721. The lowest BCUT2D eigenvalue weighted by Gasteiger charge is -2.05. The van der Waals surface area contributed by atoms with E-state index in [1.54, 1.807) is 6.08 Å². The van der Waals surface area contributed by atoms with E-state index in [-0.39, 0.29) is 0 Å². The summed E-state index contributed by atoms with van der Waals surface area (Å²) in [6.45, 7) is 14.5. The second-order valence-electron chi connectivity index (χ2n) is 5.09. The van der Waals surface area contributed by atoms with Gasteiger partial charge in [0.25, 0.3) is 0 Å². The first-order valence-electron chi connectivity index (χ1n) is 7.51. The van der Waals surface area contributed by atoms with Crippen molar-refractivity contribution in [2.45, 2.75) is 33.6 Å². The van der Waals surface area contributed by atoms with Crippen LogP contribution in [0.25, 0.3) is 0 Å². The van der Waals surface area contributed by atoms with Crippen molar-refractivity contribution in [1.29, 1.82) is 0 Å². The summed E-state index contributed by atoms with van der Waals surface area (Å²) in [5.74, 6) is 0.402. The summed E-state index contributed by atoms with van der Waals surface area (Å²) in [6, 6.07) is 0. The molecular weight excluding hydrogens is 254 g/mol. The highest BCUT2D eigenvalue weighted by Crippen LogP contribution is 2.13. The van der Waals surface area contributed by atoms with E-state index in [2.05, 4.69) is 56.3 Å². The third-order valence-electron chi connectivity index (χ3n) is 2.86. The molecule has 0 aromatic rings. The van der Waals surface area contributed by atoms with Crippen LogP contribution in [0.5, 0.6) is 0 Å². The van der Waals surface area contributed by atoms with Gasteiger partial charge in [0, 0.05) is 6.21 Å². The van der Waals surface area contributed by atoms with Crippen molar-refractivity contribution in [2.24, 2.45) is 10.9 Å². The quantitative estimate of drug-likeness (QED) is 0.271. The third kappa shape index (κ3) is 11.6. The Bertz CT molecular complexity index is 440. The van der Waals surface area contributed by atoms with Gasteiger partial charge < -0.3 is 0 Å². The van der Waals surface area contributed by atoms with Crippen LogP contribution in [0.3, 0.4) is 0 Å². The molecule has 0 aromatic carbocycles. The first-order valence-corrected chi connectivity index (χ1v) is 7.51. The minimum absolute atomic E-state index is 0.402. The maximum atomic E-state index is 4.21. The summed E-state index contributed by atoms with van der Waals surface area (Å²) in [5, 5.41) is 0. The largest absolute Gasteiger partial charge is 0.289 e. The van der Waals surface area contributed by atoms with E-state index in [9.17, 15) is 0 Å². The Morgan fingerprint density at radius 3 is 2.52 bits per heavy atom. The van der Waals surface area contributed by atoms with Crippen molar-refractivity contribution in [3.63, 3.8) is 0 Å². The van der Waals surface area contributed by atoms with E-state index in [0.29, 0.717) is 12.5 Å².